The fourth-order valence-electron chi connectivity index (χ4n) is 0.446. The Kier molecular flexibility index (Phi) is 2.91. The van der Waals surface area contributed by atoms with Crippen LogP contribution in [0, 0.1) is 0 Å². The number of ether oxygens (including phenoxy) is 1. The van der Waals surface area contributed by atoms with Crippen molar-refractivity contribution in [2.45, 2.75) is 39.4 Å². The highest BCUT2D eigenvalue weighted by Crippen LogP contribution is 2.13. The van der Waals surface area contributed by atoms with Crippen molar-refractivity contribution in [2.24, 2.45) is 0 Å². The van der Waals surface area contributed by atoms with Crippen LogP contribution >= 0.6 is 0 Å². The average molecular weight is 144 g/mol. The molecule has 0 aliphatic carbocycles. The van der Waals surface area contributed by atoms with Crippen LogP contribution in [-0.2, 0) is 4.74 Å². The lowest BCUT2D eigenvalue weighted by Gasteiger charge is -2.26. The third kappa shape index (κ3) is 3.51. The summed E-state index contributed by atoms with van der Waals surface area (Å²) in [5.74, 6) is 0.634. The molecule has 10 heavy (non-hydrogen) atoms. The summed E-state index contributed by atoms with van der Waals surface area (Å²) in [6.07, 6.45) is -0.204. The maximum Gasteiger partial charge on any atom is 0.123 e. The molecular weight excluding hydrogens is 128 g/mol. The molecule has 0 aliphatic rings. The first kappa shape index (κ1) is 9.50. The molecule has 0 saturated heterocycles. The molecule has 0 heterocycles. The molecule has 0 aromatic carbocycles. The van der Waals surface area contributed by atoms with E-state index in [1.165, 1.54) is 0 Å². The normalized spacial score (nSPS) is 14.5. The maximum absolute atomic E-state index is 9.37. The number of allylic oxidation sites excluding steroid dienone is 1. The molecule has 0 saturated carbocycles. The Balaban J connectivity index is 3.85. The van der Waals surface area contributed by atoms with E-state index in [1.54, 1.807) is 20.8 Å². The van der Waals surface area contributed by atoms with Gasteiger partial charge in [0.1, 0.15) is 6.10 Å². The Morgan fingerprint density at radius 1 is 1.60 bits per heavy atom. The number of aliphatic hydroxyl groups is 1. The quantitative estimate of drug-likeness (QED) is 0.611. The van der Waals surface area contributed by atoms with Gasteiger partial charge in [-0.15, -0.1) is 0 Å². The monoisotopic (exact) mass is 144 g/mol. The molecule has 0 amide bonds. The second-order valence-electron chi connectivity index (χ2n) is 3.12. The molecule has 0 rings (SSSR count). The summed E-state index contributed by atoms with van der Waals surface area (Å²) in [5.41, 5.74) is -0.793. The first-order valence-electron chi connectivity index (χ1n) is 3.38. The van der Waals surface area contributed by atoms with Crippen LogP contribution in [0.1, 0.15) is 27.7 Å². The van der Waals surface area contributed by atoms with E-state index in [4.69, 9.17) is 4.74 Å². The lowest BCUT2D eigenvalue weighted by molar-refractivity contribution is -0.0529. The summed E-state index contributed by atoms with van der Waals surface area (Å²) in [6.45, 7) is 10.6. The molecule has 0 radical (unpaired) electrons. The van der Waals surface area contributed by atoms with Crippen LogP contribution < -0.4 is 0 Å². The molecule has 1 N–H and O–H groups in total. The highest BCUT2D eigenvalue weighted by atomic mass is 16.5. The predicted octanol–water partition coefficient (Wildman–Crippen LogP) is 1.70. The summed E-state index contributed by atoms with van der Waals surface area (Å²) >= 11 is 0. The SMILES string of the molecule is C=C(C)O[C@@H](C)C(C)(C)O. The summed E-state index contributed by atoms with van der Waals surface area (Å²) < 4.78 is 5.17. The molecule has 0 unspecified atom stereocenters. The second-order valence-corrected chi connectivity index (χ2v) is 3.12. The molecule has 2 heteroatoms. The van der Waals surface area contributed by atoms with Crippen molar-refractivity contribution in [3.8, 4) is 0 Å². The predicted molar refractivity (Wildman–Crippen MR) is 41.7 cm³/mol. The van der Waals surface area contributed by atoms with Crippen LogP contribution in [-0.4, -0.2) is 16.8 Å². The standard InChI is InChI=1S/C8H16O2/c1-6(2)10-7(3)8(4,5)9/h7,9H,1H2,2-5H3/t7-/m0/s1. The topological polar surface area (TPSA) is 29.5 Å². The second kappa shape index (κ2) is 3.06. The van der Waals surface area contributed by atoms with Gasteiger partial charge in [-0.2, -0.15) is 0 Å². The van der Waals surface area contributed by atoms with E-state index in [0.29, 0.717) is 5.76 Å². The zero-order valence-electron chi connectivity index (χ0n) is 7.14. The van der Waals surface area contributed by atoms with Crippen LogP contribution in [0.4, 0.5) is 0 Å². The molecule has 0 aliphatic heterocycles. The zero-order valence-corrected chi connectivity index (χ0v) is 7.14. The van der Waals surface area contributed by atoms with Gasteiger partial charge in [0.2, 0.25) is 0 Å². The van der Waals surface area contributed by atoms with Crippen LogP contribution in [0.2, 0.25) is 0 Å². The van der Waals surface area contributed by atoms with Crippen LogP contribution in [0.15, 0.2) is 12.3 Å². The average Bonchev–Trinajstić information content (AvgIpc) is 1.60. The fourth-order valence-corrected chi connectivity index (χ4v) is 0.446. The Labute approximate surface area is 62.5 Å². The third-order valence-corrected chi connectivity index (χ3v) is 1.37. The van der Waals surface area contributed by atoms with E-state index in [0.717, 1.165) is 0 Å². The molecular formula is C8H16O2. The van der Waals surface area contributed by atoms with Gasteiger partial charge in [0, 0.05) is 0 Å². The van der Waals surface area contributed by atoms with Gasteiger partial charge >= 0.3 is 0 Å². The van der Waals surface area contributed by atoms with E-state index < -0.39 is 5.60 Å². The maximum atomic E-state index is 9.37. The summed E-state index contributed by atoms with van der Waals surface area (Å²) in [5, 5.41) is 9.37. The Hall–Kier alpha value is -0.500. The van der Waals surface area contributed by atoms with Crippen molar-refractivity contribution in [3.63, 3.8) is 0 Å². The molecule has 0 aromatic heterocycles. The molecule has 60 valence electrons. The minimum absolute atomic E-state index is 0.204. The van der Waals surface area contributed by atoms with Gasteiger partial charge in [0.25, 0.3) is 0 Å². The molecule has 1 atom stereocenters. The van der Waals surface area contributed by atoms with E-state index in [1.807, 2.05) is 6.92 Å². The number of rotatable bonds is 3. The van der Waals surface area contributed by atoms with Crippen molar-refractivity contribution in [3.05, 3.63) is 12.3 Å². The number of hydrogen-bond acceptors (Lipinski definition) is 2. The van der Waals surface area contributed by atoms with E-state index in [-0.39, 0.29) is 6.10 Å². The van der Waals surface area contributed by atoms with Gasteiger partial charge in [0.15, 0.2) is 0 Å². The summed E-state index contributed by atoms with van der Waals surface area (Å²) in [4.78, 5) is 0. The van der Waals surface area contributed by atoms with Gasteiger partial charge in [0.05, 0.1) is 11.4 Å². The van der Waals surface area contributed by atoms with Crippen molar-refractivity contribution < 1.29 is 9.84 Å². The van der Waals surface area contributed by atoms with E-state index in [9.17, 15) is 5.11 Å². The Bertz CT molecular complexity index is 122. The lowest BCUT2D eigenvalue weighted by Crippen LogP contribution is -2.35. The van der Waals surface area contributed by atoms with Crippen molar-refractivity contribution >= 4 is 0 Å². The largest absolute Gasteiger partial charge is 0.493 e. The van der Waals surface area contributed by atoms with Crippen molar-refractivity contribution in [1.29, 1.82) is 0 Å². The van der Waals surface area contributed by atoms with E-state index >= 15 is 0 Å². The van der Waals surface area contributed by atoms with Gasteiger partial charge < -0.3 is 9.84 Å². The lowest BCUT2D eigenvalue weighted by atomic mass is 10.0. The molecule has 0 fully saturated rings. The minimum Gasteiger partial charge on any atom is -0.493 e. The minimum atomic E-state index is -0.793. The molecule has 0 spiro atoms. The molecule has 0 bridgehead atoms. The summed E-state index contributed by atoms with van der Waals surface area (Å²) in [6, 6.07) is 0. The van der Waals surface area contributed by atoms with Crippen molar-refractivity contribution in [1.82, 2.24) is 0 Å². The van der Waals surface area contributed by atoms with Crippen molar-refractivity contribution in [2.75, 3.05) is 0 Å². The first-order chi connectivity index (χ1) is 4.34. The van der Waals surface area contributed by atoms with Crippen LogP contribution in [0.5, 0.6) is 0 Å². The van der Waals surface area contributed by atoms with E-state index in [2.05, 4.69) is 6.58 Å². The highest BCUT2D eigenvalue weighted by molar-refractivity contribution is 4.82. The zero-order chi connectivity index (χ0) is 8.36. The van der Waals surface area contributed by atoms with Gasteiger partial charge in [-0.25, -0.2) is 0 Å². The van der Waals surface area contributed by atoms with Gasteiger partial charge in [-0.3, -0.25) is 0 Å². The third-order valence-electron chi connectivity index (χ3n) is 1.37. The highest BCUT2D eigenvalue weighted by Gasteiger charge is 2.23. The molecule has 0 aromatic rings. The van der Waals surface area contributed by atoms with Crippen LogP contribution in [0.3, 0.4) is 0 Å². The number of hydrogen-bond donors (Lipinski definition) is 1. The first-order valence-corrected chi connectivity index (χ1v) is 3.38. The summed E-state index contributed by atoms with van der Waals surface area (Å²) in [7, 11) is 0. The fraction of sp³-hybridized carbons (Fsp3) is 0.750. The van der Waals surface area contributed by atoms with Crippen LogP contribution in [0.25, 0.3) is 0 Å². The Morgan fingerprint density at radius 3 is 2.10 bits per heavy atom. The smallest absolute Gasteiger partial charge is 0.123 e. The molecule has 2 nitrogen and oxygen atoms in total. The van der Waals surface area contributed by atoms with Gasteiger partial charge in [-0.1, -0.05) is 6.58 Å². The van der Waals surface area contributed by atoms with Gasteiger partial charge in [-0.05, 0) is 27.7 Å². The Morgan fingerprint density at radius 2 is 2.00 bits per heavy atom.